The fraction of sp³-hybridized carbons (Fsp3) is 0.0667. The van der Waals surface area contributed by atoms with E-state index in [9.17, 15) is 0 Å². The van der Waals surface area contributed by atoms with Gasteiger partial charge in [0.25, 0.3) is 0 Å². The summed E-state index contributed by atoms with van der Waals surface area (Å²) in [5.41, 5.74) is 12.8. The van der Waals surface area contributed by atoms with Crippen LogP contribution in [0.2, 0.25) is 0 Å². The Kier molecular flexibility index (Phi) is 5.63. The van der Waals surface area contributed by atoms with E-state index in [1.54, 1.807) is 0 Å². The van der Waals surface area contributed by atoms with Gasteiger partial charge in [0.2, 0.25) is 0 Å². The van der Waals surface area contributed by atoms with Crippen molar-refractivity contribution in [2.24, 2.45) is 0 Å². The first kappa shape index (κ1) is 27.1. The summed E-state index contributed by atoms with van der Waals surface area (Å²) in [5.74, 6) is 0.732. The van der Waals surface area contributed by atoms with Crippen LogP contribution in [0.1, 0.15) is 25.0 Å². The van der Waals surface area contributed by atoms with Crippen molar-refractivity contribution in [2.45, 2.75) is 19.3 Å². The third-order valence-electron chi connectivity index (χ3n) is 10.4. The van der Waals surface area contributed by atoms with Crippen LogP contribution in [0.4, 0.5) is 0 Å². The maximum Gasteiger partial charge on any atom is 0.159 e. The van der Waals surface area contributed by atoms with Gasteiger partial charge in [-0.15, -0.1) is 0 Å². The lowest BCUT2D eigenvalue weighted by atomic mass is 9.81. The predicted octanol–water partition coefficient (Wildman–Crippen LogP) is 11.5. The topological polar surface area (TPSA) is 30.7 Å². The van der Waals surface area contributed by atoms with Crippen LogP contribution in [0.25, 0.3) is 82.8 Å². The number of benzene rings is 7. The van der Waals surface area contributed by atoms with Crippen molar-refractivity contribution in [3.8, 4) is 39.3 Å². The normalized spacial score (nSPS) is 13.4. The molecule has 0 saturated carbocycles. The number of fused-ring (bicyclic) bond motifs is 9. The van der Waals surface area contributed by atoms with Gasteiger partial charge in [0.05, 0.1) is 22.9 Å². The first-order valence-electron chi connectivity index (χ1n) is 16.6. The van der Waals surface area contributed by atoms with E-state index in [1.807, 2.05) is 12.3 Å². The van der Waals surface area contributed by atoms with Crippen molar-refractivity contribution in [1.82, 2.24) is 14.5 Å². The fourth-order valence-corrected chi connectivity index (χ4v) is 8.13. The van der Waals surface area contributed by atoms with Crippen molar-refractivity contribution >= 4 is 43.5 Å². The largest absolute Gasteiger partial charge is 0.306 e. The van der Waals surface area contributed by atoms with E-state index in [4.69, 9.17) is 9.97 Å². The Morgan fingerprint density at radius 3 is 2.06 bits per heavy atom. The number of hydrogen-bond donors (Lipinski definition) is 0. The molecule has 0 bridgehead atoms. The number of nitrogens with zero attached hydrogens (tertiary/aromatic N) is 3. The summed E-state index contributed by atoms with van der Waals surface area (Å²) in [6, 6.07) is 52.4. The zero-order valence-corrected chi connectivity index (χ0v) is 26.8. The van der Waals surface area contributed by atoms with Gasteiger partial charge >= 0.3 is 0 Å². The molecule has 7 aromatic carbocycles. The average Bonchev–Trinajstić information content (AvgIpc) is 3.58. The van der Waals surface area contributed by atoms with Crippen molar-refractivity contribution in [2.75, 3.05) is 0 Å². The SMILES string of the molecule is CC1(C)c2ccccc2-c2ccc3c(c21)c1nc(-c2ccc(-c4ccccc4)cc2)ncc1n3-c1cccc2cc3ccccc3cc12. The van der Waals surface area contributed by atoms with Gasteiger partial charge in [-0.05, 0) is 73.8 Å². The van der Waals surface area contributed by atoms with E-state index < -0.39 is 0 Å². The molecule has 0 unspecified atom stereocenters. The zero-order chi connectivity index (χ0) is 32.0. The molecular formula is C45H31N3. The second-order valence-electron chi connectivity index (χ2n) is 13.5. The summed E-state index contributed by atoms with van der Waals surface area (Å²) in [5, 5.41) is 6.09. The van der Waals surface area contributed by atoms with Crippen molar-refractivity contribution in [3.05, 3.63) is 163 Å². The third-order valence-corrected chi connectivity index (χ3v) is 10.4. The Morgan fingerprint density at radius 1 is 0.542 bits per heavy atom. The van der Waals surface area contributed by atoms with Crippen LogP contribution in [0.3, 0.4) is 0 Å². The van der Waals surface area contributed by atoms with E-state index in [-0.39, 0.29) is 5.41 Å². The Labute approximate surface area is 278 Å². The first-order chi connectivity index (χ1) is 23.6. The molecule has 48 heavy (non-hydrogen) atoms. The second-order valence-corrected chi connectivity index (χ2v) is 13.5. The van der Waals surface area contributed by atoms with Gasteiger partial charge in [0.15, 0.2) is 5.82 Å². The minimum absolute atomic E-state index is 0.193. The molecule has 1 aliphatic rings. The van der Waals surface area contributed by atoms with E-state index in [1.165, 1.54) is 60.3 Å². The summed E-state index contributed by atoms with van der Waals surface area (Å²) in [7, 11) is 0. The molecular weight excluding hydrogens is 583 g/mol. The van der Waals surface area contributed by atoms with E-state index in [2.05, 4.69) is 158 Å². The molecule has 0 aliphatic heterocycles. The molecule has 2 heterocycles. The Morgan fingerprint density at radius 2 is 1.23 bits per heavy atom. The maximum atomic E-state index is 5.43. The molecule has 226 valence electrons. The van der Waals surface area contributed by atoms with Gasteiger partial charge in [-0.3, -0.25) is 0 Å². The van der Waals surface area contributed by atoms with Crippen LogP contribution < -0.4 is 0 Å². The lowest BCUT2D eigenvalue weighted by Crippen LogP contribution is -2.15. The van der Waals surface area contributed by atoms with Crippen LogP contribution >= 0.6 is 0 Å². The maximum absolute atomic E-state index is 5.43. The Balaban J connectivity index is 1.27. The van der Waals surface area contributed by atoms with E-state index in [0.717, 1.165) is 33.6 Å². The lowest BCUT2D eigenvalue weighted by molar-refractivity contribution is 0.666. The van der Waals surface area contributed by atoms with Crippen LogP contribution in [0, 0.1) is 0 Å². The van der Waals surface area contributed by atoms with Gasteiger partial charge in [-0.25, -0.2) is 9.97 Å². The van der Waals surface area contributed by atoms with Crippen LogP contribution in [0.5, 0.6) is 0 Å². The fourth-order valence-electron chi connectivity index (χ4n) is 8.13. The third kappa shape index (κ3) is 3.82. The average molecular weight is 614 g/mol. The highest BCUT2D eigenvalue weighted by molar-refractivity contribution is 6.14. The Hall–Kier alpha value is -6.06. The molecule has 0 spiro atoms. The molecule has 0 amide bonds. The first-order valence-corrected chi connectivity index (χ1v) is 16.6. The second kappa shape index (κ2) is 9.97. The van der Waals surface area contributed by atoms with E-state index >= 15 is 0 Å². The summed E-state index contributed by atoms with van der Waals surface area (Å²) < 4.78 is 2.39. The number of aromatic nitrogens is 3. The summed E-state index contributed by atoms with van der Waals surface area (Å²) in [4.78, 5) is 10.5. The van der Waals surface area contributed by atoms with Crippen LogP contribution in [-0.4, -0.2) is 14.5 Å². The summed E-state index contributed by atoms with van der Waals surface area (Å²) >= 11 is 0. The van der Waals surface area contributed by atoms with Gasteiger partial charge in [0.1, 0.15) is 5.52 Å². The van der Waals surface area contributed by atoms with Gasteiger partial charge in [0, 0.05) is 21.8 Å². The zero-order valence-electron chi connectivity index (χ0n) is 26.8. The highest BCUT2D eigenvalue weighted by atomic mass is 15.0. The number of hydrogen-bond acceptors (Lipinski definition) is 2. The molecule has 1 aliphatic carbocycles. The van der Waals surface area contributed by atoms with Crippen LogP contribution in [-0.2, 0) is 5.41 Å². The predicted molar refractivity (Wildman–Crippen MR) is 200 cm³/mol. The molecule has 0 fully saturated rings. The molecule has 3 nitrogen and oxygen atoms in total. The van der Waals surface area contributed by atoms with Gasteiger partial charge < -0.3 is 4.57 Å². The van der Waals surface area contributed by atoms with E-state index in [0.29, 0.717) is 0 Å². The highest BCUT2D eigenvalue weighted by Crippen LogP contribution is 2.53. The molecule has 10 rings (SSSR count). The highest BCUT2D eigenvalue weighted by Gasteiger charge is 2.38. The lowest BCUT2D eigenvalue weighted by Gasteiger charge is -2.22. The monoisotopic (exact) mass is 613 g/mol. The molecule has 9 aromatic rings. The standard InChI is InChI=1S/C45H31N3/c1-45(2)37-17-9-8-16-34(37)35-23-24-39-41(42(35)45)43-40(27-46-44(47-43)30-21-19-29(20-22-30)28-11-4-3-5-12-28)48(39)38-18-10-15-33-25-31-13-6-7-14-32(31)26-36(33)38/h3-27H,1-2H3. The minimum Gasteiger partial charge on any atom is -0.306 e. The quantitative estimate of drug-likeness (QED) is 0.186. The van der Waals surface area contributed by atoms with Gasteiger partial charge in [-0.2, -0.15) is 0 Å². The molecule has 0 radical (unpaired) electrons. The molecule has 3 heteroatoms. The molecule has 0 N–H and O–H groups in total. The number of rotatable bonds is 3. The Bertz CT molecular complexity index is 2730. The smallest absolute Gasteiger partial charge is 0.159 e. The molecule has 0 atom stereocenters. The minimum atomic E-state index is -0.193. The van der Waals surface area contributed by atoms with Crippen LogP contribution in [0.15, 0.2) is 152 Å². The summed E-state index contributed by atoms with van der Waals surface area (Å²) in [6.07, 6.45) is 2.03. The summed E-state index contributed by atoms with van der Waals surface area (Å²) in [6.45, 7) is 4.71. The van der Waals surface area contributed by atoms with Crippen molar-refractivity contribution in [3.63, 3.8) is 0 Å². The van der Waals surface area contributed by atoms with Crippen molar-refractivity contribution < 1.29 is 0 Å². The molecule has 0 saturated heterocycles. The molecule has 2 aromatic heterocycles. The van der Waals surface area contributed by atoms with Crippen molar-refractivity contribution in [1.29, 1.82) is 0 Å². The van der Waals surface area contributed by atoms with Gasteiger partial charge in [-0.1, -0.05) is 135 Å².